The second-order valence-corrected chi connectivity index (χ2v) is 13.5. The molecule has 1 amide bonds. The molecule has 3 N–H and O–H groups in total. The zero-order chi connectivity index (χ0) is 37.8. The summed E-state index contributed by atoms with van der Waals surface area (Å²) in [5, 5.41) is 10.3. The Kier molecular flexibility index (Phi) is 10.3. The number of aromatic hydroxyl groups is 1. The minimum atomic E-state index is -0.510. The van der Waals surface area contributed by atoms with E-state index in [0.717, 1.165) is 51.4 Å². The molecule has 0 fully saturated rings. The Labute approximate surface area is 315 Å². The predicted molar refractivity (Wildman–Crippen MR) is 217 cm³/mol. The summed E-state index contributed by atoms with van der Waals surface area (Å²) >= 11 is 0. The van der Waals surface area contributed by atoms with Gasteiger partial charge in [0.25, 0.3) is 5.91 Å². The summed E-state index contributed by atoms with van der Waals surface area (Å²) in [5.41, 5.74) is 18.4. The van der Waals surface area contributed by atoms with Gasteiger partial charge in [-0.25, -0.2) is 9.97 Å². The van der Waals surface area contributed by atoms with E-state index in [-0.39, 0.29) is 12.4 Å². The van der Waals surface area contributed by atoms with Gasteiger partial charge in [0.2, 0.25) is 0 Å². The van der Waals surface area contributed by atoms with Crippen molar-refractivity contribution in [1.82, 2.24) is 19.1 Å². The van der Waals surface area contributed by atoms with E-state index in [2.05, 4.69) is 85.4 Å². The summed E-state index contributed by atoms with van der Waals surface area (Å²) in [6, 6.07) is 43.9. The van der Waals surface area contributed by atoms with Crippen molar-refractivity contribution in [3.05, 3.63) is 167 Å². The number of nitrogens with zero attached hydrogens (tertiary/aromatic N) is 4. The van der Waals surface area contributed by atoms with Gasteiger partial charge in [0.15, 0.2) is 6.61 Å². The monoisotopic (exact) mass is 713 g/mol. The normalized spacial score (nSPS) is 11.0. The summed E-state index contributed by atoms with van der Waals surface area (Å²) in [5.74, 6) is 1.92. The lowest BCUT2D eigenvalue weighted by Crippen LogP contribution is -2.20. The van der Waals surface area contributed by atoms with E-state index in [4.69, 9.17) is 20.4 Å². The lowest BCUT2D eigenvalue weighted by molar-refractivity contribution is -0.119. The quantitative estimate of drug-likeness (QED) is 0.155. The van der Waals surface area contributed by atoms with Crippen LogP contribution >= 0.6 is 0 Å². The highest BCUT2D eigenvalue weighted by molar-refractivity contribution is 5.83. The van der Waals surface area contributed by atoms with Crippen molar-refractivity contribution in [3.63, 3.8) is 0 Å². The molecule has 54 heavy (non-hydrogen) atoms. The summed E-state index contributed by atoms with van der Waals surface area (Å²) in [6.45, 7) is 9.79. The van der Waals surface area contributed by atoms with Crippen molar-refractivity contribution in [1.29, 1.82) is 0 Å². The van der Waals surface area contributed by atoms with E-state index in [1.807, 2.05) is 78.9 Å². The number of amides is 1. The molecule has 8 nitrogen and oxygen atoms in total. The van der Waals surface area contributed by atoms with Crippen molar-refractivity contribution >= 4 is 28.0 Å². The highest BCUT2D eigenvalue weighted by Gasteiger charge is 2.19. The maximum atomic E-state index is 11.2. The number of para-hydroxylation sites is 6. The lowest BCUT2D eigenvalue weighted by Gasteiger charge is -2.16. The molecule has 0 radical (unpaired) electrons. The van der Waals surface area contributed by atoms with E-state index >= 15 is 0 Å². The number of phenols is 1. The van der Waals surface area contributed by atoms with Crippen LogP contribution in [0.25, 0.3) is 44.8 Å². The molecule has 270 valence electrons. The number of imidazole rings is 2. The molecule has 8 aromatic rings. The zero-order valence-electron chi connectivity index (χ0n) is 31.0. The smallest absolute Gasteiger partial charge is 0.255 e. The number of fused-ring (bicyclic) bond motifs is 2. The summed E-state index contributed by atoms with van der Waals surface area (Å²) < 4.78 is 10.1. The van der Waals surface area contributed by atoms with Crippen LogP contribution in [0.15, 0.2) is 133 Å². The molecule has 2 aromatic heterocycles. The van der Waals surface area contributed by atoms with Crippen molar-refractivity contribution in [2.45, 2.75) is 40.8 Å². The SMILES string of the molecule is Cc1cccc(C)c1Cn1c(-c2ccccc2O)nc2ccccc21.Cc1cccc(C)c1Cn1c(-c2ccccc2OCC(N)=O)nc2ccccc21. The van der Waals surface area contributed by atoms with E-state index < -0.39 is 5.91 Å². The van der Waals surface area contributed by atoms with Crippen LogP contribution in [0.2, 0.25) is 0 Å². The second-order valence-electron chi connectivity index (χ2n) is 13.5. The summed E-state index contributed by atoms with van der Waals surface area (Å²) in [6.07, 6.45) is 0. The minimum Gasteiger partial charge on any atom is -0.507 e. The molecule has 0 atom stereocenters. The van der Waals surface area contributed by atoms with E-state index in [9.17, 15) is 9.90 Å². The van der Waals surface area contributed by atoms with E-state index in [0.29, 0.717) is 12.3 Å². The molecular weight excluding hydrogens is 671 g/mol. The van der Waals surface area contributed by atoms with Gasteiger partial charge < -0.3 is 24.7 Å². The van der Waals surface area contributed by atoms with Crippen molar-refractivity contribution in [3.8, 4) is 34.3 Å². The van der Waals surface area contributed by atoms with Gasteiger partial charge in [-0.3, -0.25) is 4.79 Å². The molecule has 0 aliphatic heterocycles. The first-order valence-electron chi connectivity index (χ1n) is 18.0. The highest BCUT2D eigenvalue weighted by Crippen LogP contribution is 2.34. The van der Waals surface area contributed by atoms with Crippen molar-refractivity contribution < 1.29 is 14.6 Å². The molecule has 0 saturated carbocycles. The van der Waals surface area contributed by atoms with E-state index in [1.165, 1.54) is 33.4 Å². The molecule has 6 aromatic carbocycles. The molecular formula is C46H43N5O3. The zero-order valence-corrected chi connectivity index (χ0v) is 31.0. The second kappa shape index (κ2) is 15.5. The molecule has 0 aliphatic rings. The number of primary amides is 1. The number of aromatic nitrogens is 4. The third kappa shape index (κ3) is 7.32. The van der Waals surface area contributed by atoms with Gasteiger partial charge in [0, 0.05) is 0 Å². The largest absolute Gasteiger partial charge is 0.507 e. The van der Waals surface area contributed by atoms with Gasteiger partial charge in [-0.2, -0.15) is 0 Å². The number of rotatable bonds is 9. The Morgan fingerprint density at radius 1 is 0.574 bits per heavy atom. The fourth-order valence-corrected chi connectivity index (χ4v) is 6.98. The molecule has 0 unspecified atom stereocenters. The highest BCUT2D eigenvalue weighted by atomic mass is 16.5. The van der Waals surface area contributed by atoms with Crippen LogP contribution in [0.3, 0.4) is 0 Å². The van der Waals surface area contributed by atoms with Gasteiger partial charge in [-0.1, -0.05) is 84.9 Å². The lowest BCUT2D eigenvalue weighted by atomic mass is 10.0. The molecule has 8 rings (SSSR count). The van der Waals surface area contributed by atoms with Crippen molar-refractivity contribution in [2.24, 2.45) is 5.73 Å². The van der Waals surface area contributed by atoms with Crippen LogP contribution in [0, 0.1) is 27.7 Å². The Hall–Kier alpha value is -6.67. The summed E-state index contributed by atoms with van der Waals surface area (Å²) in [7, 11) is 0. The van der Waals surface area contributed by atoms with Crippen LogP contribution in [-0.2, 0) is 17.9 Å². The maximum Gasteiger partial charge on any atom is 0.255 e. The molecule has 0 aliphatic carbocycles. The predicted octanol–water partition coefficient (Wildman–Crippen LogP) is 9.31. The average Bonchev–Trinajstić information content (AvgIpc) is 3.72. The van der Waals surface area contributed by atoms with Gasteiger partial charge in [0.05, 0.1) is 46.3 Å². The standard InChI is InChI=1S/C24H23N3O2.C22H20N2O/c1-16-8-7-9-17(2)19(16)14-27-21-12-5-4-11-20(21)26-24(27)18-10-3-6-13-22(18)29-15-23(25)28;1-15-8-7-9-16(2)18(15)14-24-20-12-5-4-11-19(20)23-22(24)17-10-3-6-13-21(17)25/h3-13H,14-15H2,1-2H3,(H2,25,28);3-13,25H,14H2,1-2H3. The fraction of sp³-hybridized carbons (Fsp3) is 0.152. The Balaban J connectivity index is 0.000000168. The third-order valence-corrected chi connectivity index (χ3v) is 9.87. The molecule has 0 saturated heterocycles. The van der Waals surface area contributed by atoms with Crippen molar-refractivity contribution in [2.75, 3.05) is 6.61 Å². The van der Waals surface area contributed by atoms with Crippen LogP contribution in [0.5, 0.6) is 11.5 Å². The molecule has 0 bridgehead atoms. The Morgan fingerprint density at radius 2 is 1.00 bits per heavy atom. The van der Waals surface area contributed by atoms with Gasteiger partial charge >= 0.3 is 0 Å². The van der Waals surface area contributed by atoms with Crippen LogP contribution < -0.4 is 10.5 Å². The number of hydrogen-bond donors (Lipinski definition) is 2. The third-order valence-electron chi connectivity index (χ3n) is 9.87. The Morgan fingerprint density at radius 3 is 1.50 bits per heavy atom. The van der Waals surface area contributed by atoms with Gasteiger partial charge in [-0.05, 0) is 110 Å². The maximum absolute atomic E-state index is 11.2. The number of hydrogen-bond acceptors (Lipinski definition) is 5. The first-order valence-corrected chi connectivity index (χ1v) is 18.0. The van der Waals surface area contributed by atoms with Crippen LogP contribution in [-0.4, -0.2) is 36.7 Å². The summed E-state index contributed by atoms with van der Waals surface area (Å²) in [4.78, 5) is 20.9. The van der Waals surface area contributed by atoms with Crippen LogP contribution in [0.4, 0.5) is 0 Å². The number of phenolic OH excluding ortho intramolecular Hbond substituents is 1. The number of carbonyl (C=O) groups is 1. The number of aryl methyl sites for hydroxylation is 4. The average molecular weight is 714 g/mol. The first kappa shape index (κ1) is 35.7. The minimum absolute atomic E-state index is 0.172. The Bertz CT molecular complexity index is 2580. The fourth-order valence-electron chi connectivity index (χ4n) is 6.98. The van der Waals surface area contributed by atoms with Crippen LogP contribution in [0.1, 0.15) is 33.4 Å². The number of carbonyl (C=O) groups excluding carboxylic acids is 1. The van der Waals surface area contributed by atoms with Gasteiger partial charge in [-0.15, -0.1) is 0 Å². The molecule has 2 heterocycles. The number of nitrogens with two attached hydrogens (primary N) is 1. The van der Waals surface area contributed by atoms with E-state index in [1.54, 1.807) is 6.07 Å². The molecule has 0 spiro atoms. The van der Waals surface area contributed by atoms with Gasteiger partial charge in [0.1, 0.15) is 23.1 Å². The topological polar surface area (TPSA) is 108 Å². The number of benzene rings is 6. The first-order chi connectivity index (χ1) is 26.2. The molecule has 8 heteroatoms. The number of ether oxygens (including phenoxy) is 1.